The van der Waals surface area contributed by atoms with E-state index in [-0.39, 0.29) is 17.0 Å². The molecule has 3 heteroatoms. The van der Waals surface area contributed by atoms with Gasteiger partial charge < -0.3 is 9.84 Å². The number of hydrogen-bond acceptors (Lipinski definition) is 3. The summed E-state index contributed by atoms with van der Waals surface area (Å²) in [7, 11) is 0. The lowest BCUT2D eigenvalue weighted by Gasteiger charge is -2.34. The maximum absolute atomic E-state index is 11.7. The second-order valence-corrected chi connectivity index (χ2v) is 7.73. The number of esters is 1. The Labute approximate surface area is 123 Å². The lowest BCUT2D eigenvalue weighted by Crippen LogP contribution is -2.32. The molecule has 2 aliphatic carbocycles. The van der Waals surface area contributed by atoms with Gasteiger partial charge in [0.25, 0.3) is 0 Å². The van der Waals surface area contributed by atoms with Crippen LogP contribution < -0.4 is 0 Å². The molecule has 0 bridgehead atoms. The van der Waals surface area contributed by atoms with Crippen molar-refractivity contribution >= 4 is 5.97 Å². The second kappa shape index (κ2) is 6.05. The molecule has 1 N–H and O–H groups in total. The van der Waals surface area contributed by atoms with Crippen molar-refractivity contribution in [2.24, 2.45) is 17.3 Å². The summed E-state index contributed by atoms with van der Waals surface area (Å²) in [5, 5.41) is 9.87. The van der Waals surface area contributed by atoms with Crippen LogP contribution in [0, 0.1) is 17.3 Å². The minimum Gasteiger partial charge on any atom is -0.460 e. The molecule has 0 heterocycles. The molecule has 20 heavy (non-hydrogen) atoms. The van der Waals surface area contributed by atoms with Crippen molar-refractivity contribution in [2.45, 2.75) is 77.7 Å². The first-order valence-electron chi connectivity index (χ1n) is 8.20. The fourth-order valence-electron chi connectivity index (χ4n) is 4.48. The topological polar surface area (TPSA) is 46.5 Å². The van der Waals surface area contributed by atoms with E-state index in [0.29, 0.717) is 18.9 Å². The zero-order chi connectivity index (χ0) is 14.8. The third-order valence-electron chi connectivity index (χ3n) is 5.33. The van der Waals surface area contributed by atoms with Gasteiger partial charge in [-0.05, 0) is 76.5 Å². The first-order valence-corrected chi connectivity index (χ1v) is 8.20. The largest absolute Gasteiger partial charge is 0.460 e. The molecular weight excluding hydrogens is 252 g/mol. The van der Waals surface area contributed by atoms with Crippen molar-refractivity contribution in [1.82, 2.24) is 0 Å². The third-order valence-corrected chi connectivity index (χ3v) is 5.33. The molecule has 0 radical (unpaired) electrons. The van der Waals surface area contributed by atoms with Gasteiger partial charge in [-0.2, -0.15) is 0 Å². The van der Waals surface area contributed by atoms with Crippen LogP contribution in [-0.2, 0) is 9.53 Å². The van der Waals surface area contributed by atoms with Gasteiger partial charge in [-0.1, -0.05) is 6.42 Å². The highest BCUT2D eigenvalue weighted by atomic mass is 16.6. The number of aliphatic hydroxyl groups is 1. The maximum Gasteiger partial charge on any atom is 0.306 e. The average Bonchev–Trinajstić information content (AvgIpc) is 2.87. The zero-order valence-electron chi connectivity index (χ0n) is 13.3. The lowest BCUT2D eigenvalue weighted by molar-refractivity contribution is -0.155. The quantitative estimate of drug-likeness (QED) is 0.782. The molecule has 2 saturated carbocycles. The van der Waals surface area contributed by atoms with Crippen LogP contribution in [-0.4, -0.2) is 23.3 Å². The Kier molecular flexibility index (Phi) is 4.78. The van der Waals surface area contributed by atoms with Gasteiger partial charge >= 0.3 is 5.97 Å². The van der Waals surface area contributed by atoms with Gasteiger partial charge in [0.05, 0.1) is 0 Å². The minimum atomic E-state index is -0.382. The Balaban J connectivity index is 1.78. The van der Waals surface area contributed by atoms with Crippen LogP contribution in [0.15, 0.2) is 0 Å². The highest BCUT2D eigenvalue weighted by molar-refractivity contribution is 5.69. The van der Waals surface area contributed by atoms with Crippen molar-refractivity contribution in [1.29, 1.82) is 0 Å². The number of ether oxygens (including phenoxy) is 1. The van der Waals surface area contributed by atoms with E-state index >= 15 is 0 Å². The molecule has 2 aliphatic rings. The molecule has 116 valence electrons. The van der Waals surface area contributed by atoms with E-state index in [2.05, 4.69) is 0 Å². The molecule has 2 rings (SSSR count). The minimum absolute atomic E-state index is 0.0866. The summed E-state index contributed by atoms with van der Waals surface area (Å²) in [4.78, 5) is 11.7. The van der Waals surface area contributed by atoms with Crippen LogP contribution in [0.4, 0.5) is 0 Å². The second-order valence-electron chi connectivity index (χ2n) is 7.73. The van der Waals surface area contributed by atoms with E-state index in [1.165, 1.54) is 32.1 Å². The van der Waals surface area contributed by atoms with Crippen LogP contribution in [0.25, 0.3) is 0 Å². The molecule has 0 aromatic rings. The number of aliphatic hydroxyl groups excluding tert-OH is 1. The lowest BCUT2D eigenvalue weighted by atomic mass is 9.72. The summed E-state index contributed by atoms with van der Waals surface area (Å²) >= 11 is 0. The SMILES string of the molecule is CC(C)(C)OC(=O)CCC[C@@H]1CC[C@@H]2CCC[C@]12CO. The van der Waals surface area contributed by atoms with Crippen LogP contribution in [0.5, 0.6) is 0 Å². The monoisotopic (exact) mass is 282 g/mol. The van der Waals surface area contributed by atoms with Crippen molar-refractivity contribution in [3.05, 3.63) is 0 Å². The standard InChI is InChI=1S/C17H30O3/c1-16(2,3)20-15(19)8-4-6-13-9-10-14-7-5-11-17(13,14)12-18/h13-14,18H,4-12H2,1-3H3/t13-,14+,17+/m1/s1. The molecule has 0 amide bonds. The molecule has 0 saturated heterocycles. The van der Waals surface area contributed by atoms with Crippen LogP contribution in [0.3, 0.4) is 0 Å². The summed E-state index contributed by atoms with van der Waals surface area (Å²) in [6.45, 7) is 6.07. The molecule has 0 aromatic carbocycles. The molecule has 3 nitrogen and oxygen atoms in total. The molecule has 3 atom stereocenters. The molecule has 0 aliphatic heterocycles. The van der Waals surface area contributed by atoms with Gasteiger partial charge in [0.15, 0.2) is 0 Å². The predicted octanol–water partition coefficient (Wildman–Crippen LogP) is 3.69. The molecular formula is C17H30O3. The fourth-order valence-corrected chi connectivity index (χ4v) is 4.48. The highest BCUT2D eigenvalue weighted by Crippen LogP contribution is 2.58. The summed E-state index contributed by atoms with van der Waals surface area (Å²) < 4.78 is 5.35. The van der Waals surface area contributed by atoms with Gasteiger partial charge in [0.1, 0.15) is 5.60 Å². The maximum atomic E-state index is 11.7. The molecule has 0 unspecified atom stereocenters. The summed E-state index contributed by atoms with van der Waals surface area (Å²) in [6.07, 6.45) is 8.74. The third kappa shape index (κ3) is 3.36. The fraction of sp³-hybridized carbons (Fsp3) is 0.941. The number of fused-ring (bicyclic) bond motifs is 1. The van der Waals surface area contributed by atoms with Gasteiger partial charge in [-0.3, -0.25) is 4.79 Å². The first kappa shape index (κ1) is 15.8. The van der Waals surface area contributed by atoms with Gasteiger partial charge in [0, 0.05) is 13.0 Å². The number of hydrogen-bond donors (Lipinski definition) is 1. The molecule has 2 fully saturated rings. The normalized spacial score (nSPS) is 33.2. The Morgan fingerprint density at radius 2 is 2.05 bits per heavy atom. The van der Waals surface area contributed by atoms with E-state index in [1.807, 2.05) is 20.8 Å². The van der Waals surface area contributed by atoms with Gasteiger partial charge in [0.2, 0.25) is 0 Å². The first-order chi connectivity index (χ1) is 9.37. The average molecular weight is 282 g/mol. The van der Waals surface area contributed by atoms with E-state index < -0.39 is 0 Å². The highest BCUT2D eigenvalue weighted by Gasteiger charge is 2.51. The summed E-state index contributed by atoms with van der Waals surface area (Å²) in [5.41, 5.74) is -0.193. The van der Waals surface area contributed by atoms with Crippen LogP contribution in [0.2, 0.25) is 0 Å². The Bertz CT molecular complexity index is 345. The van der Waals surface area contributed by atoms with Crippen molar-refractivity contribution in [3.63, 3.8) is 0 Å². The Morgan fingerprint density at radius 1 is 1.30 bits per heavy atom. The van der Waals surface area contributed by atoms with E-state index in [1.54, 1.807) is 0 Å². The predicted molar refractivity (Wildman–Crippen MR) is 79.3 cm³/mol. The van der Waals surface area contributed by atoms with Gasteiger partial charge in [-0.15, -0.1) is 0 Å². The van der Waals surface area contributed by atoms with Crippen LogP contribution >= 0.6 is 0 Å². The van der Waals surface area contributed by atoms with Crippen molar-refractivity contribution in [2.75, 3.05) is 6.61 Å². The van der Waals surface area contributed by atoms with E-state index in [0.717, 1.165) is 18.8 Å². The summed E-state index contributed by atoms with van der Waals surface area (Å²) in [6, 6.07) is 0. The van der Waals surface area contributed by atoms with Crippen LogP contribution in [0.1, 0.15) is 72.1 Å². The van der Waals surface area contributed by atoms with E-state index in [4.69, 9.17) is 4.74 Å². The van der Waals surface area contributed by atoms with E-state index in [9.17, 15) is 9.90 Å². The van der Waals surface area contributed by atoms with Gasteiger partial charge in [-0.25, -0.2) is 0 Å². The smallest absolute Gasteiger partial charge is 0.306 e. The van der Waals surface area contributed by atoms with Crippen molar-refractivity contribution in [3.8, 4) is 0 Å². The Morgan fingerprint density at radius 3 is 2.70 bits per heavy atom. The molecule has 0 spiro atoms. The number of carbonyl (C=O) groups is 1. The number of carbonyl (C=O) groups excluding carboxylic acids is 1. The number of rotatable bonds is 5. The molecule has 0 aromatic heterocycles. The summed E-state index contributed by atoms with van der Waals surface area (Å²) in [5.74, 6) is 1.26. The Hall–Kier alpha value is -0.570. The zero-order valence-corrected chi connectivity index (χ0v) is 13.3. The van der Waals surface area contributed by atoms with Crippen molar-refractivity contribution < 1.29 is 14.6 Å².